The topological polar surface area (TPSA) is 81.6 Å². The van der Waals surface area contributed by atoms with Crippen LogP contribution in [0.4, 0.5) is 17.1 Å². The maximum atomic E-state index is 11.1. The minimum absolute atomic E-state index is 0.00272. The standard InChI is InChI=1S/C13H19N3O3/c1-15(9-10-5-7-19-8-6-10)12-4-2-3-11(14)13(12)16(17)18/h2-4,10H,5-9,14H2,1H3. The molecule has 0 saturated carbocycles. The largest absolute Gasteiger partial charge is 0.393 e. The lowest BCUT2D eigenvalue weighted by Crippen LogP contribution is -2.30. The number of nitro benzene ring substituents is 1. The Balaban J connectivity index is 2.16. The highest BCUT2D eigenvalue weighted by atomic mass is 16.6. The van der Waals surface area contributed by atoms with Crippen molar-refractivity contribution in [1.82, 2.24) is 0 Å². The van der Waals surface area contributed by atoms with Gasteiger partial charge in [0.15, 0.2) is 0 Å². The molecule has 0 aliphatic carbocycles. The average Bonchev–Trinajstić information content (AvgIpc) is 2.39. The number of nitrogens with zero attached hydrogens (tertiary/aromatic N) is 2. The van der Waals surface area contributed by atoms with Gasteiger partial charge in [0.05, 0.1) is 4.92 Å². The molecular formula is C13H19N3O3. The van der Waals surface area contributed by atoms with Crippen LogP contribution in [-0.2, 0) is 4.74 Å². The smallest absolute Gasteiger partial charge is 0.315 e. The van der Waals surface area contributed by atoms with E-state index in [2.05, 4.69) is 0 Å². The van der Waals surface area contributed by atoms with E-state index in [0.717, 1.165) is 32.6 Å². The molecule has 1 aliphatic heterocycles. The van der Waals surface area contributed by atoms with Gasteiger partial charge < -0.3 is 15.4 Å². The third-order valence-corrected chi connectivity index (χ3v) is 3.51. The van der Waals surface area contributed by atoms with Crippen molar-refractivity contribution in [1.29, 1.82) is 0 Å². The summed E-state index contributed by atoms with van der Waals surface area (Å²) in [5, 5.41) is 11.1. The van der Waals surface area contributed by atoms with E-state index in [-0.39, 0.29) is 11.4 Å². The molecule has 1 heterocycles. The quantitative estimate of drug-likeness (QED) is 0.512. The molecule has 6 heteroatoms. The number of anilines is 2. The predicted octanol–water partition coefficient (Wildman–Crippen LogP) is 2.04. The fourth-order valence-corrected chi connectivity index (χ4v) is 2.47. The Hall–Kier alpha value is -1.82. The van der Waals surface area contributed by atoms with Crippen LogP contribution >= 0.6 is 0 Å². The molecule has 0 aromatic heterocycles. The molecule has 1 saturated heterocycles. The summed E-state index contributed by atoms with van der Waals surface area (Å²) in [6.45, 7) is 2.34. The van der Waals surface area contributed by atoms with E-state index in [1.54, 1.807) is 18.2 Å². The minimum Gasteiger partial charge on any atom is -0.393 e. The summed E-state index contributed by atoms with van der Waals surface area (Å²) in [4.78, 5) is 12.6. The molecule has 2 rings (SSSR count). The van der Waals surface area contributed by atoms with E-state index in [0.29, 0.717) is 11.6 Å². The second-order valence-electron chi connectivity index (χ2n) is 4.91. The lowest BCUT2D eigenvalue weighted by atomic mass is 9.99. The number of nitro groups is 1. The first-order chi connectivity index (χ1) is 9.09. The van der Waals surface area contributed by atoms with Gasteiger partial charge in [0.25, 0.3) is 0 Å². The summed E-state index contributed by atoms with van der Waals surface area (Å²) in [5.41, 5.74) is 6.49. The molecule has 104 valence electrons. The summed E-state index contributed by atoms with van der Waals surface area (Å²) in [7, 11) is 1.87. The highest BCUT2D eigenvalue weighted by Gasteiger charge is 2.23. The number of rotatable bonds is 4. The van der Waals surface area contributed by atoms with Crippen LogP contribution < -0.4 is 10.6 Å². The SMILES string of the molecule is CN(CC1CCOCC1)c1cccc(N)c1[N+](=O)[O-]. The zero-order valence-corrected chi connectivity index (χ0v) is 11.0. The van der Waals surface area contributed by atoms with Gasteiger partial charge in [-0.25, -0.2) is 0 Å². The molecule has 0 radical (unpaired) electrons. The molecule has 1 aromatic carbocycles. The summed E-state index contributed by atoms with van der Waals surface area (Å²) in [5.74, 6) is 0.514. The number of benzene rings is 1. The van der Waals surface area contributed by atoms with Gasteiger partial charge in [-0.1, -0.05) is 6.07 Å². The Labute approximate surface area is 112 Å². The highest BCUT2D eigenvalue weighted by Crippen LogP contribution is 2.33. The van der Waals surface area contributed by atoms with Crippen LogP contribution in [0.3, 0.4) is 0 Å². The van der Waals surface area contributed by atoms with Crippen LogP contribution in [0.5, 0.6) is 0 Å². The molecule has 6 nitrogen and oxygen atoms in total. The summed E-state index contributed by atoms with van der Waals surface area (Å²) in [6, 6.07) is 5.05. The van der Waals surface area contributed by atoms with Gasteiger partial charge in [0.1, 0.15) is 11.4 Å². The van der Waals surface area contributed by atoms with Crippen molar-refractivity contribution in [2.75, 3.05) is 37.4 Å². The summed E-state index contributed by atoms with van der Waals surface area (Å²) >= 11 is 0. The molecule has 0 unspecified atom stereocenters. The number of hydrogen-bond donors (Lipinski definition) is 1. The van der Waals surface area contributed by atoms with E-state index in [9.17, 15) is 10.1 Å². The molecule has 2 N–H and O–H groups in total. The van der Waals surface area contributed by atoms with Gasteiger partial charge in [-0.2, -0.15) is 0 Å². The van der Waals surface area contributed by atoms with Gasteiger partial charge in [-0.05, 0) is 30.9 Å². The first kappa shape index (κ1) is 13.6. The average molecular weight is 265 g/mol. The summed E-state index contributed by atoms with van der Waals surface area (Å²) in [6.07, 6.45) is 2.00. The monoisotopic (exact) mass is 265 g/mol. The third-order valence-electron chi connectivity index (χ3n) is 3.51. The van der Waals surface area contributed by atoms with Gasteiger partial charge in [0.2, 0.25) is 0 Å². The van der Waals surface area contributed by atoms with E-state index in [1.165, 1.54) is 0 Å². The van der Waals surface area contributed by atoms with Crippen molar-refractivity contribution in [3.63, 3.8) is 0 Å². The zero-order valence-electron chi connectivity index (χ0n) is 11.0. The molecule has 0 atom stereocenters. The van der Waals surface area contributed by atoms with Crippen LogP contribution in [0.15, 0.2) is 18.2 Å². The number of ether oxygens (including phenoxy) is 1. The minimum atomic E-state index is -0.412. The Morgan fingerprint density at radius 1 is 1.47 bits per heavy atom. The lowest BCUT2D eigenvalue weighted by molar-refractivity contribution is -0.383. The number of para-hydroxylation sites is 1. The fraction of sp³-hybridized carbons (Fsp3) is 0.538. The van der Waals surface area contributed by atoms with Crippen LogP contribution in [0.25, 0.3) is 0 Å². The zero-order chi connectivity index (χ0) is 13.8. The van der Waals surface area contributed by atoms with Gasteiger partial charge >= 0.3 is 5.69 Å². The van der Waals surface area contributed by atoms with Crippen LogP contribution in [0, 0.1) is 16.0 Å². The van der Waals surface area contributed by atoms with Crippen LogP contribution in [0.2, 0.25) is 0 Å². The maximum Gasteiger partial charge on any atom is 0.315 e. The molecule has 0 amide bonds. The van der Waals surface area contributed by atoms with E-state index < -0.39 is 4.92 Å². The van der Waals surface area contributed by atoms with Crippen LogP contribution in [0.1, 0.15) is 12.8 Å². The Kier molecular flexibility index (Phi) is 4.21. The van der Waals surface area contributed by atoms with Gasteiger partial charge in [-0.15, -0.1) is 0 Å². The van der Waals surface area contributed by atoms with Crippen LogP contribution in [-0.4, -0.2) is 31.7 Å². The second-order valence-corrected chi connectivity index (χ2v) is 4.91. The van der Waals surface area contributed by atoms with E-state index in [1.807, 2.05) is 11.9 Å². The van der Waals surface area contributed by atoms with E-state index >= 15 is 0 Å². The molecule has 0 bridgehead atoms. The number of nitrogen functional groups attached to an aromatic ring is 1. The molecular weight excluding hydrogens is 246 g/mol. The fourth-order valence-electron chi connectivity index (χ4n) is 2.47. The summed E-state index contributed by atoms with van der Waals surface area (Å²) < 4.78 is 5.32. The molecule has 1 aromatic rings. The third kappa shape index (κ3) is 3.14. The molecule has 0 spiro atoms. The number of nitrogens with two attached hydrogens (primary N) is 1. The Bertz CT molecular complexity index is 458. The van der Waals surface area contributed by atoms with Crippen molar-refractivity contribution in [2.24, 2.45) is 5.92 Å². The van der Waals surface area contributed by atoms with Crippen molar-refractivity contribution in [3.05, 3.63) is 28.3 Å². The van der Waals surface area contributed by atoms with Gasteiger partial charge in [-0.3, -0.25) is 10.1 Å². The highest BCUT2D eigenvalue weighted by molar-refractivity contribution is 5.75. The van der Waals surface area contributed by atoms with Crippen molar-refractivity contribution >= 4 is 17.1 Å². The van der Waals surface area contributed by atoms with Crippen molar-refractivity contribution < 1.29 is 9.66 Å². The second kappa shape index (κ2) is 5.88. The lowest BCUT2D eigenvalue weighted by Gasteiger charge is -2.28. The Morgan fingerprint density at radius 2 is 2.16 bits per heavy atom. The molecule has 1 fully saturated rings. The van der Waals surface area contributed by atoms with E-state index in [4.69, 9.17) is 10.5 Å². The first-order valence-electron chi connectivity index (χ1n) is 6.41. The van der Waals surface area contributed by atoms with Crippen molar-refractivity contribution in [2.45, 2.75) is 12.8 Å². The van der Waals surface area contributed by atoms with Gasteiger partial charge in [0, 0.05) is 26.8 Å². The molecule has 19 heavy (non-hydrogen) atoms. The maximum absolute atomic E-state index is 11.1. The first-order valence-corrected chi connectivity index (χ1v) is 6.41. The normalized spacial score (nSPS) is 16.3. The number of hydrogen-bond acceptors (Lipinski definition) is 5. The van der Waals surface area contributed by atoms with Crippen molar-refractivity contribution in [3.8, 4) is 0 Å². The predicted molar refractivity (Wildman–Crippen MR) is 74.3 cm³/mol. The molecule has 1 aliphatic rings. The Morgan fingerprint density at radius 3 is 2.79 bits per heavy atom.